The lowest BCUT2D eigenvalue weighted by molar-refractivity contribution is 0.149. The summed E-state index contributed by atoms with van der Waals surface area (Å²) in [5.74, 6) is 0. The smallest absolute Gasteiger partial charge is 0.0841 e. The van der Waals surface area contributed by atoms with Crippen LogP contribution < -0.4 is 0 Å². The van der Waals surface area contributed by atoms with Crippen molar-refractivity contribution in [2.75, 3.05) is 13.2 Å². The van der Waals surface area contributed by atoms with Crippen LogP contribution in [-0.4, -0.2) is 33.0 Å². The van der Waals surface area contributed by atoms with E-state index in [0.717, 1.165) is 25.7 Å². The molecule has 0 spiro atoms. The summed E-state index contributed by atoms with van der Waals surface area (Å²) in [6.45, 7) is 10.8. The maximum Gasteiger partial charge on any atom is 0.0841 e. The SMILES string of the molecule is CC(C)(CO)CCC=S=O.CCCC(C)(C)CO. The van der Waals surface area contributed by atoms with Gasteiger partial charge in [-0.15, -0.1) is 0 Å². The van der Waals surface area contributed by atoms with Crippen LogP contribution in [0.4, 0.5) is 0 Å². The van der Waals surface area contributed by atoms with Gasteiger partial charge in [0.05, 0.1) is 11.3 Å². The lowest BCUT2D eigenvalue weighted by atomic mass is 9.89. The van der Waals surface area contributed by atoms with Crippen molar-refractivity contribution in [2.45, 2.75) is 60.3 Å². The van der Waals surface area contributed by atoms with Crippen LogP contribution in [0.1, 0.15) is 60.3 Å². The summed E-state index contributed by atoms with van der Waals surface area (Å²) < 4.78 is 9.90. The summed E-state index contributed by atoms with van der Waals surface area (Å²) >= 11 is 0.496. The zero-order valence-corrected chi connectivity index (χ0v) is 13.3. The average molecular weight is 278 g/mol. The van der Waals surface area contributed by atoms with Gasteiger partial charge in [-0.2, -0.15) is 0 Å². The highest BCUT2D eigenvalue weighted by atomic mass is 32.1. The maximum absolute atomic E-state index is 9.90. The van der Waals surface area contributed by atoms with Crippen LogP contribution in [0.2, 0.25) is 0 Å². The molecule has 3 nitrogen and oxygen atoms in total. The molecule has 0 aliphatic heterocycles. The Bertz CT molecular complexity index is 243. The van der Waals surface area contributed by atoms with Gasteiger partial charge in [0.1, 0.15) is 0 Å². The van der Waals surface area contributed by atoms with Crippen molar-refractivity contribution in [3.63, 3.8) is 0 Å². The van der Waals surface area contributed by atoms with E-state index in [0.29, 0.717) is 17.9 Å². The molecule has 0 unspecified atom stereocenters. The number of hydrogen-bond donors (Lipinski definition) is 2. The molecule has 0 aromatic heterocycles. The third-order valence-corrected chi connectivity index (χ3v) is 3.16. The molecule has 0 fully saturated rings. The van der Waals surface area contributed by atoms with Crippen LogP contribution in [0.5, 0.6) is 0 Å². The lowest BCUT2D eigenvalue weighted by Crippen LogP contribution is -2.16. The van der Waals surface area contributed by atoms with E-state index in [1.807, 2.05) is 13.8 Å². The monoisotopic (exact) mass is 278 g/mol. The van der Waals surface area contributed by atoms with E-state index >= 15 is 0 Å². The molecule has 0 heterocycles. The fourth-order valence-corrected chi connectivity index (χ4v) is 1.55. The van der Waals surface area contributed by atoms with Gasteiger partial charge in [-0.05, 0) is 30.1 Å². The quantitative estimate of drug-likeness (QED) is 0.704. The molecule has 0 aromatic rings. The topological polar surface area (TPSA) is 57.5 Å². The third kappa shape index (κ3) is 13.9. The minimum absolute atomic E-state index is 0.0355. The average Bonchev–Trinajstić information content (AvgIpc) is 2.30. The minimum Gasteiger partial charge on any atom is -0.396 e. The Morgan fingerprint density at radius 3 is 1.72 bits per heavy atom. The highest BCUT2D eigenvalue weighted by molar-refractivity contribution is 7.64. The second kappa shape index (κ2) is 10.7. The summed E-state index contributed by atoms with van der Waals surface area (Å²) in [4.78, 5) is 0. The van der Waals surface area contributed by atoms with Gasteiger partial charge in [0.15, 0.2) is 0 Å². The third-order valence-electron chi connectivity index (χ3n) is 2.79. The molecule has 0 saturated heterocycles. The highest BCUT2D eigenvalue weighted by Gasteiger charge is 2.14. The fourth-order valence-electron chi connectivity index (χ4n) is 1.33. The Morgan fingerprint density at radius 2 is 1.44 bits per heavy atom. The maximum atomic E-state index is 9.90. The Balaban J connectivity index is 0. The predicted octanol–water partition coefficient (Wildman–Crippen LogP) is 2.61. The highest BCUT2D eigenvalue weighted by Crippen LogP contribution is 2.20. The van der Waals surface area contributed by atoms with Gasteiger partial charge in [-0.25, -0.2) is 4.21 Å². The molecule has 0 amide bonds. The van der Waals surface area contributed by atoms with E-state index in [9.17, 15) is 4.21 Å². The Kier molecular flexibility index (Phi) is 12.0. The molecule has 0 atom stereocenters. The van der Waals surface area contributed by atoms with Crippen molar-refractivity contribution in [1.29, 1.82) is 0 Å². The molecule has 0 radical (unpaired) electrons. The van der Waals surface area contributed by atoms with Crippen molar-refractivity contribution in [2.24, 2.45) is 10.8 Å². The molecule has 0 aromatic carbocycles. The molecule has 0 rings (SSSR count). The van der Waals surface area contributed by atoms with Crippen LogP contribution in [0, 0.1) is 10.8 Å². The van der Waals surface area contributed by atoms with Gasteiger partial charge < -0.3 is 10.2 Å². The first kappa shape index (κ1) is 20.1. The summed E-state index contributed by atoms with van der Waals surface area (Å²) in [5, 5.41) is 19.1. The lowest BCUT2D eigenvalue weighted by Gasteiger charge is -2.19. The molecule has 4 heteroatoms. The zero-order valence-electron chi connectivity index (χ0n) is 12.5. The normalized spacial score (nSPS) is 11.5. The van der Waals surface area contributed by atoms with E-state index in [-0.39, 0.29) is 17.4 Å². The molecular formula is C14H30O3S. The predicted molar refractivity (Wildman–Crippen MR) is 80.1 cm³/mol. The molecule has 0 saturated carbocycles. The summed E-state index contributed by atoms with van der Waals surface area (Å²) in [5.41, 5.74) is 0.112. The van der Waals surface area contributed by atoms with Crippen molar-refractivity contribution < 1.29 is 14.4 Å². The van der Waals surface area contributed by atoms with Gasteiger partial charge >= 0.3 is 0 Å². The van der Waals surface area contributed by atoms with E-state index < -0.39 is 0 Å². The van der Waals surface area contributed by atoms with Crippen molar-refractivity contribution in [1.82, 2.24) is 0 Å². The first-order chi connectivity index (χ1) is 8.24. The number of aliphatic hydroxyl groups is 2. The van der Waals surface area contributed by atoms with Crippen LogP contribution in [0.3, 0.4) is 0 Å². The Morgan fingerprint density at radius 1 is 1.00 bits per heavy atom. The van der Waals surface area contributed by atoms with Crippen LogP contribution >= 0.6 is 0 Å². The van der Waals surface area contributed by atoms with Crippen molar-refractivity contribution >= 4 is 16.6 Å². The summed E-state index contributed by atoms with van der Waals surface area (Å²) in [6, 6.07) is 0. The summed E-state index contributed by atoms with van der Waals surface area (Å²) in [7, 11) is 0. The second-order valence-corrected chi connectivity index (χ2v) is 6.72. The van der Waals surface area contributed by atoms with E-state index in [2.05, 4.69) is 20.8 Å². The van der Waals surface area contributed by atoms with Crippen molar-refractivity contribution in [3.8, 4) is 0 Å². The standard InChI is InChI=1S/C7H14O2S.C7H16O/c1-7(2,6-8)4-3-5-10-9;1-4-5-7(2,3)6-8/h5,8H,3-4,6H2,1-2H3;8H,4-6H2,1-3H3. The van der Waals surface area contributed by atoms with E-state index in [1.54, 1.807) is 5.37 Å². The fraction of sp³-hybridized carbons (Fsp3) is 0.929. The molecule has 110 valence electrons. The number of hydrogen-bond acceptors (Lipinski definition) is 3. The largest absolute Gasteiger partial charge is 0.396 e. The van der Waals surface area contributed by atoms with Crippen molar-refractivity contribution in [3.05, 3.63) is 0 Å². The Hall–Kier alpha value is -0.190. The van der Waals surface area contributed by atoms with Crippen LogP contribution in [-0.2, 0) is 11.3 Å². The molecular weight excluding hydrogens is 248 g/mol. The molecule has 0 bridgehead atoms. The first-order valence-electron chi connectivity index (χ1n) is 6.56. The van der Waals surface area contributed by atoms with E-state index in [1.165, 1.54) is 0 Å². The van der Waals surface area contributed by atoms with Gasteiger partial charge in [0, 0.05) is 18.6 Å². The molecule has 18 heavy (non-hydrogen) atoms. The Labute approximate surface area is 116 Å². The first-order valence-corrected chi connectivity index (χ1v) is 7.37. The molecule has 2 N–H and O–H groups in total. The minimum atomic E-state index is -0.0355. The number of rotatable bonds is 7. The van der Waals surface area contributed by atoms with Crippen LogP contribution in [0.25, 0.3) is 0 Å². The second-order valence-electron chi connectivity index (χ2n) is 6.20. The zero-order chi connectivity index (χ0) is 14.7. The van der Waals surface area contributed by atoms with Gasteiger partial charge in [-0.1, -0.05) is 41.0 Å². The van der Waals surface area contributed by atoms with Gasteiger partial charge in [0.25, 0.3) is 0 Å². The summed E-state index contributed by atoms with van der Waals surface area (Å²) in [6.07, 6.45) is 3.93. The van der Waals surface area contributed by atoms with Gasteiger partial charge in [0.2, 0.25) is 0 Å². The molecule has 0 aliphatic rings. The number of aliphatic hydroxyl groups excluding tert-OH is 2. The molecule has 0 aliphatic carbocycles. The van der Waals surface area contributed by atoms with Gasteiger partial charge in [-0.3, -0.25) is 0 Å². The van der Waals surface area contributed by atoms with Crippen LogP contribution in [0.15, 0.2) is 0 Å². The van der Waals surface area contributed by atoms with E-state index in [4.69, 9.17) is 10.2 Å².